The zero-order chi connectivity index (χ0) is 13.3. The number of carbonyl (C=O) groups excluding carboxylic acids is 1. The quantitative estimate of drug-likeness (QED) is 0.790. The number of rotatable bonds is 2. The van der Waals surface area contributed by atoms with E-state index in [2.05, 4.69) is 0 Å². The molecule has 2 N–H and O–H groups in total. The number of benzene rings is 1. The number of halogens is 4. The van der Waals surface area contributed by atoms with Crippen molar-refractivity contribution < 1.29 is 27.5 Å². The summed E-state index contributed by atoms with van der Waals surface area (Å²) in [7, 11) is 0. The zero-order valence-electron chi connectivity index (χ0n) is 8.68. The van der Waals surface area contributed by atoms with Crippen molar-refractivity contribution >= 4 is 11.6 Å². The van der Waals surface area contributed by atoms with Gasteiger partial charge in [0, 0.05) is 0 Å². The minimum atomic E-state index is -5.14. The van der Waals surface area contributed by atoms with Gasteiger partial charge >= 0.3 is 6.18 Å². The summed E-state index contributed by atoms with van der Waals surface area (Å²) < 4.78 is 49.9. The molecule has 1 amide bonds. The van der Waals surface area contributed by atoms with Crippen molar-refractivity contribution in [3.8, 4) is 0 Å². The third-order valence-electron chi connectivity index (χ3n) is 2.12. The van der Waals surface area contributed by atoms with Crippen LogP contribution in [0.15, 0.2) is 24.3 Å². The number of anilines is 1. The predicted molar refractivity (Wildman–Crippen MR) is 51.7 cm³/mol. The number of para-hydroxylation sites is 1. The molecule has 0 aliphatic heterocycles. The van der Waals surface area contributed by atoms with Crippen LogP contribution in [0.1, 0.15) is 6.92 Å². The van der Waals surface area contributed by atoms with Gasteiger partial charge in [0.1, 0.15) is 5.82 Å². The highest BCUT2D eigenvalue weighted by molar-refractivity contribution is 5.97. The molecule has 17 heavy (non-hydrogen) atoms. The topological polar surface area (TPSA) is 49.3 Å². The largest absolute Gasteiger partial charge is 0.426 e. The Morgan fingerprint density at radius 2 is 1.82 bits per heavy atom. The van der Waals surface area contributed by atoms with Crippen LogP contribution in [-0.4, -0.2) is 22.8 Å². The van der Waals surface area contributed by atoms with Crippen LogP contribution in [0.2, 0.25) is 0 Å². The summed E-state index contributed by atoms with van der Waals surface area (Å²) in [6, 6.07) is 4.70. The Morgan fingerprint density at radius 3 is 2.29 bits per heavy atom. The molecule has 0 aliphatic rings. The van der Waals surface area contributed by atoms with Crippen LogP contribution in [0.25, 0.3) is 0 Å². The van der Waals surface area contributed by atoms with Crippen LogP contribution in [0.3, 0.4) is 0 Å². The van der Waals surface area contributed by atoms with Gasteiger partial charge in [-0.25, -0.2) is 4.39 Å². The van der Waals surface area contributed by atoms with E-state index in [4.69, 9.17) is 5.11 Å². The first-order valence-electron chi connectivity index (χ1n) is 4.51. The Kier molecular flexibility index (Phi) is 3.42. The lowest BCUT2D eigenvalue weighted by Crippen LogP contribution is -2.52. The fourth-order valence-corrected chi connectivity index (χ4v) is 0.935. The van der Waals surface area contributed by atoms with Gasteiger partial charge in [-0.05, 0) is 19.1 Å². The van der Waals surface area contributed by atoms with Crippen LogP contribution in [-0.2, 0) is 4.79 Å². The van der Waals surface area contributed by atoms with E-state index in [1.54, 1.807) is 5.32 Å². The molecule has 7 heteroatoms. The van der Waals surface area contributed by atoms with Crippen molar-refractivity contribution in [3.63, 3.8) is 0 Å². The molecule has 1 aromatic rings. The average Bonchev–Trinajstić information content (AvgIpc) is 2.19. The lowest BCUT2D eigenvalue weighted by Gasteiger charge is -2.24. The molecule has 0 fully saturated rings. The first-order chi connectivity index (χ1) is 7.66. The lowest BCUT2D eigenvalue weighted by atomic mass is 10.1. The highest BCUT2D eigenvalue weighted by atomic mass is 19.4. The Hall–Kier alpha value is -1.63. The van der Waals surface area contributed by atoms with E-state index in [0.29, 0.717) is 6.92 Å². The Morgan fingerprint density at radius 1 is 1.29 bits per heavy atom. The fraction of sp³-hybridized carbons (Fsp3) is 0.300. The lowest BCUT2D eigenvalue weighted by molar-refractivity contribution is -0.242. The van der Waals surface area contributed by atoms with Gasteiger partial charge in [0.25, 0.3) is 5.91 Å². The average molecular weight is 251 g/mol. The molecule has 0 aromatic heterocycles. The van der Waals surface area contributed by atoms with Crippen LogP contribution in [0, 0.1) is 5.82 Å². The van der Waals surface area contributed by atoms with E-state index in [1.807, 2.05) is 0 Å². The number of alkyl halides is 3. The summed E-state index contributed by atoms with van der Waals surface area (Å²) in [6.45, 7) is 0.295. The maximum atomic E-state index is 13.1. The van der Waals surface area contributed by atoms with Gasteiger partial charge in [-0.15, -0.1) is 0 Å². The number of hydrogen-bond donors (Lipinski definition) is 2. The van der Waals surface area contributed by atoms with E-state index in [0.717, 1.165) is 12.1 Å². The molecule has 0 saturated heterocycles. The standard InChI is InChI=1S/C10H9F4NO2/c1-9(17,10(12,13)14)8(16)15-7-5-3-2-4-6(7)11/h2-5,17H,1H3,(H,15,16)/t9-/m1/s1. The van der Waals surface area contributed by atoms with Crippen LogP contribution in [0.5, 0.6) is 0 Å². The number of amides is 1. The van der Waals surface area contributed by atoms with E-state index in [-0.39, 0.29) is 0 Å². The maximum absolute atomic E-state index is 13.1. The highest BCUT2D eigenvalue weighted by Gasteiger charge is 2.55. The predicted octanol–water partition coefficient (Wildman–Crippen LogP) is 2.08. The summed E-state index contributed by atoms with van der Waals surface area (Å²) in [4.78, 5) is 11.2. The number of hydrogen-bond acceptors (Lipinski definition) is 2. The molecule has 1 atom stereocenters. The normalized spacial score (nSPS) is 15.2. The molecular formula is C10H9F4NO2. The van der Waals surface area contributed by atoms with Crippen molar-refractivity contribution in [2.24, 2.45) is 0 Å². The smallest absolute Gasteiger partial charge is 0.373 e. The SMILES string of the molecule is C[C@@](O)(C(=O)Nc1ccccc1F)C(F)(F)F. The van der Waals surface area contributed by atoms with E-state index < -0.39 is 29.2 Å². The van der Waals surface area contributed by atoms with Crippen LogP contribution in [0.4, 0.5) is 23.2 Å². The van der Waals surface area contributed by atoms with Crippen molar-refractivity contribution in [2.45, 2.75) is 18.7 Å². The second-order valence-electron chi connectivity index (χ2n) is 3.50. The monoisotopic (exact) mass is 251 g/mol. The molecular weight excluding hydrogens is 242 g/mol. The molecule has 0 radical (unpaired) electrons. The first kappa shape index (κ1) is 13.4. The minimum Gasteiger partial charge on any atom is -0.373 e. The highest BCUT2D eigenvalue weighted by Crippen LogP contribution is 2.31. The third kappa shape index (κ3) is 2.73. The van der Waals surface area contributed by atoms with E-state index in [1.165, 1.54) is 12.1 Å². The fourth-order valence-electron chi connectivity index (χ4n) is 0.935. The molecule has 0 spiro atoms. The summed E-state index contributed by atoms with van der Waals surface area (Å²) in [5, 5.41) is 10.7. The third-order valence-corrected chi connectivity index (χ3v) is 2.12. The van der Waals surface area contributed by atoms with Crippen molar-refractivity contribution in [3.05, 3.63) is 30.1 Å². The summed E-state index contributed by atoms with van der Waals surface area (Å²) in [5.74, 6) is -2.63. The molecule has 0 unspecified atom stereocenters. The van der Waals surface area contributed by atoms with Crippen molar-refractivity contribution in [2.75, 3.05) is 5.32 Å². The molecule has 0 saturated carbocycles. The summed E-state index contributed by atoms with van der Waals surface area (Å²) in [6.07, 6.45) is -5.14. The van der Waals surface area contributed by atoms with Gasteiger partial charge < -0.3 is 10.4 Å². The van der Waals surface area contributed by atoms with Crippen LogP contribution < -0.4 is 5.32 Å². The summed E-state index contributed by atoms with van der Waals surface area (Å²) >= 11 is 0. The van der Waals surface area contributed by atoms with Crippen LogP contribution >= 0.6 is 0 Å². The first-order valence-corrected chi connectivity index (χ1v) is 4.51. The molecule has 94 valence electrons. The maximum Gasteiger partial charge on any atom is 0.426 e. The van der Waals surface area contributed by atoms with Gasteiger partial charge in [-0.1, -0.05) is 12.1 Å². The molecule has 1 rings (SSSR count). The second kappa shape index (κ2) is 4.33. The van der Waals surface area contributed by atoms with Crippen molar-refractivity contribution in [1.82, 2.24) is 0 Å². The Bertz CT molecular complexity index is 429. The minimum absolute atomic E-state index is 0.295. The number of aliphatic hydroxyl groups is 1. The number of nitrogens with one attached hydrogen (secondary N) is 1. The Labute approximate surface area is 94.1 Å². The molecule has 0 aliphatic carbocycles. The summed E-state index contributed by atoms with van der Waals surface area (Å²) in [5.41, 5.74) is -4.00. The molecule has 1 aromatic carbocycles. The molecule has 0 heterocycles. The van der Waals surface area contributed by atoms with Gasteiger partial charge in [0.2, 0.25) is 5.60 Å². The second-order valence-corrected chi connectivity index (χ2v) is 3.50. The Balaban J connectivity index is 2.91. The van der Waals surface area contributed by atoms with Gasteiger partial charge in [0.15, 0.2) is 0 Å². The van der Waals surface area contributed by atoms with Crippen molar-refractivity contribution in [1.29, 1.82) is 0 Å². The van der Waals surface area contributed by atoms with E-state index in [9.17, 15) is 22.4 Å². The van der Waals surface area contributed by atoms with Gasteiger partial charge in [-0.3, -0.25) is 4.79 Å². The zero-order valence-corrected chi connectivity index (χ0v) is 8.68. The number of carbonyl (C=O) groups is 1. The van der Waals surface area contributed by atoms with E-state index >= 15 is 0 Å². The van der Waals surface area contributed by atoms with Gasteiger partial charge in [-0.2, -0.15) is 13.2 Å². The molecule has 0 bridgehead atoms. The molecule has 3 nitrogen and oxygen atoms in total. The van der Waals surface area contributed by atoms with Gasteiger partial charge in [0.05, 0.1) is 5.69 Å².